The zero-order valence-electron chi connectivity index (χ0n) is 8.08. The van der Waals surface area contributed by atoms with E-state index in [4.69, 9.17) is 15.7 Å². The smallest absolute Gasteiger partial charge is 0.128 e. The minimum Gasteiger partial charge on any atom is -0.493 e. The van der Waals surface area contributed by atoms with Gasteiger partial charge in [-0.05, 0) is 13.0 Å². The van der Waals surface area contributed by atoms with Crippen molar-refractivity contribution in [3.63, 3.8) is 0 Å². The Kier molecular flexibility index (Phi) is 2.14. The van der Waals surface area contributed by atoms with E-state index in [0.29, 0.717) is 12.2 Å². The van der Waals surface area contributed by atoms with Gasteiger partial charge in [0.25, 0.3) is 0 Å². The summed E-state index contributed by atoms with van der Waals surface area (Å²) in [6, 6.07) is 5.89. The van der Waals surface area contributed by atoms with Crippen LogP contribution in [-0.4, -0.2) is 6.61 Å². The molecule has 3 heteroatoms. The molecule has 0 bridgehead atoms. The second-order valence-corrected chi connectivity index (χ2v) is 3.51. The van der Waals surface area contributed by atoms with Crippen LogP contribution < -0.4 is 10.5 Å². The predicted octanol–water partition coefficient (Wildman–Crippen LogP) is 1.65. The van der Waals surface area contributed by atoms with Gasteiger partial charge in [-0.3, -0.25) is 0 Å². The number of hydrogen-bond acceptors (Lipinski definition) is 3. The van der Waals surface area contributed by atoms with Crippen molar-refractivity contribution in [2.24, 2.45) is 5.73 Å². The van der Waals surface area contributed by atoms with E-state index < -0.39 is 0 Å². The molecule has 2 N–H and O–H groups in total. The predicted molar refractivity (Wildman–Crippen MR) is 52.9 cm³/mol. The van der Waals surface area contributed by atoms with Gasteiger partial charge in [-0.15, -0.1) is 0 Å². The molecule has 2 rings (SSSR count). The Morgan fingerprint density at radius 1 is 1.57 bits per heavy atom. The fourth-order valence-corrected chi connectivity index (χ4v) is 1.76. The average molecular weight is 188 g/mol. The molecule has 1 aromatic carbocycles. The van der Waals surface area contributed by atoms with Crippen molar-refractivity contribution in [2.75, 3.05) is 6.61 Å². The lowest BCUT2D eigenvalue weighted by Crippen LogP contribution is -2.21. The van der Waals surface area contributed by atoms with Gasteiger partial charge in [0.1, 0.15) is 5.75 Å². The lowest BCUT2D eigenvalue weighted by Gasteiger charge is -2.24. The highest BCUT2D eigenvalue weighted by atomic mass is 16.5. The molecule has 72 valence electrons. The van der Waals surface area contributed by atoms with Gasteiger partial charge < -0.3 is 10.5 Å². The Morgan fingerprint density at radius 3 is 3.07 bits per heavy atom. The number of nitrogens with zero attached hydrogens (tertiary/aromatic N) is 1. The molecular weight excluding hydrogens is 176 g/mol. The second kappa shape index (κ2) is 3.32. The van der Waals surface area contributed by atoms with Gasteiger partial charge in [0.2, 0.25) is 0 Å². The Hall–Kier alpha value is -1.53. The summed E-state index contributed by atoms with van der Waals surface area (Å²) >= 11 is 0. The molecule has 0 fully saturated rings. The molecule has 0 saturated carbocycles. The first-order chi connectivity index (χ1) is 6.74. The molecule has 1 aromatic rings. The van der Waals surface area contributed by atoms with Crippen LogP contribution in [0.3, 0.4) is 0 Å². The van der Waals surface area contributed by atoms with Gasteiger partial charge in [-0.2, -0.15) is 5.26 Å². The maximum Gasteiger partial charge on any atom is 0.128 e. The van der Waals surface area contributed by atoms with Crippen LogP contribution in [0.15, 0.2) is 12.1 Å². The van der Waals surface area contributed by atoms with E-state index in [1.807, 2.05) is 19.1 Å². The SMILES string of the molecule is Cc1c(C#N)ccc2c1OCC[C@@H]2N. The van der Waals surface area contributed by atoms with Crippen molar-refractivity contribution in [1.29, 1.82) is 5.26 Å². The van der Waals surface area contributed by atoms with E-state index in [2.05, 4.69) is 6.07 Å². The monoisotopic (exact) mass is 188 g/mol. The second-order valence-electron chi connectivity index (χ2n) is 3.51. The highest BCUT2D eigenvalue weighted by Gasteiger charge is 2.20. The van der Waals surface area contributed by atoms with Gasteiger partial charge in [0.05, 0.1) is 18.2 Å². The molecular formula is C11H12N2O. The van der Waals surface area contributed by atoms with Crippen molar-refractivity contribution in [3.05, 3.63) is 28.8 Å². The summed E-state index contributed by atoms with van der Waals surface area (Å²) in [5.41, 5.74) is 8.53. The van der Waals surface area contributed by atoms with Gasteiger partial charge in [0.15, 0.2) is 0 Å². The fourth-order valence-electron chi connectivity index (χ4n) is 1.76. The van der Waals surface area contributed by atoms with Crippen LogP contribution in [0.4, 0.5) is 0 Å². The maximum atomic E-state index is 8.85. The zero-order chi connectivity index (χ0) is 10.1. The number of fused-ring (bicyclic) bond motifs is 1. The third-order valence-electron chi connectivity index (χ3n) is 2.63. The van der Waals surface area contributed by atoms with Crippen molar-refractivity contribution in [3.8, 4) is 11.8 Å². The third-order valence-corrected chi connectivity index (χ3v) is 2.63. The zero-order valence-corrected chi connectivity index (χ0v) is 8.08. The summed E-state index contributed by atoms with van der Waals surface area (Å²) in [5, 5.41) is 8.85. The first-order valence-corrected chi connectivity index (χ1v) is 4.66. The lowest BCUT2D eigenvalue weighted by molar-refractivity contribution is 0.267. The Labute approximate surface area is 83.1 Å². The fraction of sp³-hybridized carbons (Fsp3) is 0.364. The van der Waals surface area contributed by atoms with Crippen molar-refractivity contribution < 1.29 is 4.74 Å². The van der Waals surface area contributed by atoms with Crippen LogP contribution in [0.2, 0.25) is 0 Å². The molecule has 14 heavy (non-hydrogen) atoms. The topological polar surface area (TPSA) is 59.0 Å². The first kappa shape index (κ1) is 9.04. The van der Waals surface area contributed by atoms with Gasteiger partial charge in [-0.25, -0.2) is 0 Å². The number of hydrogen-bond donors (Lipinski definition) is 1. The summed E-state index contributed by atoms with van der Waals surface area (Å²) in [4.78, 5) is 0. The molecule has 1 atom stereocenters. The van der Waals surface area contributed by atoms with Crippen LogP contribution in [0, 0.1) is 18.3 Å². The lowest BCUT2D eigenvalue weighted by atomic mass is 9.96. The molecule has 0 amide bonds. The van der Waals surface area contributed by atoms with Crippen molar-refractivity contribution in [2.45, 2.75) is 19.4 Å². The quantitative estimate of drug-likeness (QED) is 0.673. The minimum absolute atomic E-state index is 0.0465. The maximum absolute atomic E-state index is 8.85. The standard InChI is InChI=1S/C11H12N2O/c1-7-8(6-12)2-3-9-10(13)4-5-14-11(7)9/h2-3,10H,4-5,13H2,1H3/t10-/m0/s1. The molecule has 0 radical (unpaired) electrons. The third kappa shape index (κ3) is 1.24. The van der Waals surface area contributed by atoms with E-state index in [9.17, 15) is 0 Å². The van der Waals surface area contributed by atoms with Crippen LogP contribution >= 0.6 is 0 Å². The summed E-state index contributed by atoms with van der Waals surface area (Å²) in [6.07, 6.45) is 0.846. The summed E-state index contributed by atoms with van der Waals surface area (Å²) in [6.45, 7) is 2.54. The highest BCUT2D eigenvalue weighted by molar-refractivity contribution is 5.52. The number of ether oxygens (including phenoxy) is 1. The number of nitrogens with two attached hydrogens (primary N) is 1. The molecule has 3 nitrogen and oxygen atoms in total. The first-order valence-electron chi connectivity index (χ1n) is 4.66. The van der Waals surface area contributed by atoms with E-state index in [1.54, 1.807) is 0 Å². The summed E-state index contributed by atoms with van der Waals surface area (Å²) < 4.78 is 5.54. The highest BCUT2D eigenvalue weighted by Crippen LogP contribution is 2.34. The van der Waals surface area contributed by atoms with E-state index in [-0.39, 0.29) is 6.04 Å². The van der Waals surface area contributed by atoms with E-state index in [0.717, 1.165) is 23.3 Å². The molecule has 0 spiro atoms. The molecule has 0 aromatic heterocycles. The normalized spacial score (nSPS) is 19.4. The number of rotatable bonds is 0. The number of nitriles is 1. The summed E-state index contributed by atoms with van der Waals surface area (Å²) in [7, 11) is 0. The molecule has 1 aliphatic rings. The van der Waals surface area contributed by atoms with Crippen molar-refractivity contribution in [1.82, 2.24) is 0 Å². The Morgan fingerprint density at radius 2 is 2.36 bits per heavy atom. The largest absolute Gasteiger partial charge is 0.493 e. The van der Waals surface area contributed by atoms with Gasteiger partial charge >= 0.3 is 0 Å². The van der Waals surface area contributed by atoms with Crippen LogP contribution in [0.5, 0.6) is 5.75 Å². The summed E-state index contributed by atoms with van der Waals surface area (Å²) in [5.74, 6) is 0.808. The van der Waals surface area contributed by atoms with Gasteiger partial charge in [0, 0.05) is 23.6 Å². The Balaban J connectivity index is 2.59. The van der Waals surface area contributed by atoms with Crippen LogP contribution in [-0.2, 0) is 0 Å². The van der Waals surface area contributed by atoms with Gasteiger partial charge in [-0.1, -0.05) is 6.07 Å². The van der Waals surface area contributed by atoms with E-state index >= 15 is 0 Å². The van der Waals surface area contributed by atoms with Crippen LogP contribution in [0.25, 0.3) is 0 Å². The number of benzene rings is 1. The average Bonchev–Trinajstić information content (AvgIpc) is 2.20. The molecule has 0 unspecified atom stereocenters. The van der Waals surface area contributed by atoms with E-state index in [1.165, 1.54) is 0 Å². The molecule has 0 saturated heterocycles. The Bertz CT molecular complexity index is 406. The minimum atomic E-state index is 0.0465. The molecule has 0 aliphatic carbocycles. The molecule has 1 heterocycles. The van der Waals surface area contributed by atoms with Crippen LogP contribution in [0.1, 0.15) is 29.2 Å². The molecule has 1 aliphatic heterocycles. The van der Waals surface area contributed by atoms with Crippen molar-refractivity contribution >= 4 is 0 Å².